The normalized spacial score (nSPS) is 28.7. The summed E-state index contributed by atoms with van der Waals surface area (Å²) in [7, 11) is 1.51. The maximum absolute atomic E-state index is 11.1. The Morgan fingerprint density at radius 3 is 2.92 bits per heavy atom. The lowest BCUT2D eigenvalue weighted by Gasteiger charge is -2.16. The number of aliphatic hydroxyl groups excluding tert-OH is 1. The van der Waals surface area contributed by atoms with Crippen molar-refractivity contribution in [2.45, 2.75) is 18.6 Å². The molecular formula is C7H12N2O3. The first-order valence-corrected chi connectivity index (χ1v) is 3.79. The van der Waals surface area contributed by atoms with Gasteiger partial charge in [-0.15, -0.1) is 0 Å². The zero-order valence-electron chi connectivity index (χ0n) is 6.86. The second kappa shape index (κ2) is 3.53. The molecule has 2 atom stereocenters. The molecule has 1 aliphatic heterocycles. The Morgan fingerprint density at radius 1 is 1.75 bits per heavy atom. The van der Waals surface area contributed by atoms with Gasteiger partial charge in [0, 0.05) is 20.0 Å². The number of rotatable bonds is 2. The van der Waals surface area contributed by atoms with Crippen molar-refractivity contribution < 1.29 is 14.7 Å². The molecule has 1 saturated heterocycles. The molecule has 0 radical (unpaired) electrons. The van der Waals surface area contributed by atoms with Gasteiger partial charge in [0.2, 0.25) is 12.3 Å². The molecule has 0 aromatic rings. The van der Waals surface area contributed by atoms with Crippen LogP contribution in [0.3, 0.4) is 0 Å². The molecular weight excluding hydrogens is 160 g/mol. The summed E-state index contributed by atoms with van der Waals surface area (Å²) in [5, 5.41) is 11.6. The van der Waals surface area contributed by atoms with E-state index >= 15 is 0 Å². The highest BCUT2D eigenvalue weighted by Crippen LogP contribution is 2.15. The van der Waals surface area contributed by atoms with Gasteiger partial charge in [0.25, 0.3) is 0 Å². The van der Waals surface area contributed by atoms with Crippen LogP contribution >= 0.6 is 0 Å². The summed E-state index contributed by atoms with van der Waals surface area (Å²) in [5.41, 5.74) is 0. The van der Waals surface area contributed by atoms with Crippen molar-refractivity contribution >= 4 is 12.3 Å². The first-order chi connectivity index (χ1) is 5.69. The SMILES string of the molecule is CNC(=O)[C@@H]1C[C@@H](O)CN1C=O. The average molecular weight is 172 g/mol. The Kier molecular flexibility index (Phi) is 2.65. The number of amides is 2. The standard InChI is InChI=1S/C7H12N2O3/c1-8-7(12)6-2-5(11)3-9(6)4-10/h4-6,11H,2-3H2,1H3,(H,8,12)/t5-,6+/m1/s1. The first-order valence-electron chi connectivity index (χ1n) is 3.79. The van der Waals surface area contributed by atoms with Crippen molar-refractivity contribution in [3.05, 3.63) is 0 Å². The molecule has 1 aliphatic rings. The van der Waals surface area contributed by atoms with E-state index in [4.69, 9.17) is 5.11 Å². The van der Waals surface area contributed by atoms with Gasteiger partial charge in [-0.05, 0) is 0 Å². The lowest BCUT2D eigenvalue weighted by atomic mass is 10.2. The Bertz CT molecular complexity index is 195. The fourth-order valence-corrected chi connectivity index (χ4v) is 1.38. The summed E-state index contributed by atoms with van der Waals surface area (Å²) in [6.07, 6.45) is 0.353. The van der Waals surface area contributed by atoms with E-state index in [-0.39, 0.29) is 12.5 Å². The minimum Gasteiger partial charge on any atom is -0.391 e. The lowest BCUT2D eigenvalue weighted by molar-refractivity contribution is -0.130. The van der Waals surface area contributed by atoms with Crippen LogP contribution in [0.4, 0.5) is 0 Å². The predicted octanol–water partition coefficient (Wildman–Crippen LogP) is -1.68. The zero-order chi connectivity index (χ0) is 9.14. The number of nitrogens with one attached hydrogen (secondary N) is 1. The Labute approximate surface area is 70.4 Å². The molecule has 2 N–H and O–H groups in total. The molecule has 68 valence electrons. The summed E-state index contributed by atoms with van der Waals surface area (Å²) in [5.74, 6) is -0.223. The van der Waals surface area contributed by atoms with Crippen molar-refractivity contribution in [2.75, 3.05) is 13.6 Å². The number of β-amino-alcohol motifs (C(OH)–C–C–N with tert-alkyl or cyclic N) is 1. The minimum absolute atomic E-state index is 0.223. The molecule has 0 aromatic carbocycles. The van der Waals surface area contributed by atoms with Crippen LogP contribution in [0.2, 0.25) is 0 Å². The molecule has 5 heteroatoms. The monoisotopic (exact) mass is 172 g/mol. The van der Waals surface area contributed by atoms with E-state index in [1.807, 2.05) is 0 Å². The van der Waals surface area contributed by atoms with Crippen LogP contribution < -0.4 is 5.32 Å². The number of nitrogens with zero attached hydrogens (tertiary/aromatic N) is 1. The number of carbonyl (C=O) groups is 2. The Balaban J connectivity index is 2.63. The number of hydrogen-bond acceptors (Lipinski definition) is 3. The molecule has 2 amide bonds. The van der Waals surface area contributed by atoms with Crippen molar-refractivity contribution in [3.8, 4) is 0 Å². The third-order valence-corrected chi connectivity index (χ3v) is 2.00. The van der Waals surface area contributed by atoms with Gasteiger partial charge >= 0.3 is 0 Å². The average Bonchev–Trinajstić information content (AvgIpc) is 2.45. The highest BCUT2D eigenvalue weighted by Gasteiger charge is 2.34. The maximum Gasteiger partial charge on any atom is 0.242 e. The largest absolute Gasteiger partial charge is 0.391 e. The second-order valence-corrected chi connectivity index (χ2v) is 2.82. The van der Waals surface area contributed by atoms with E-state index in [2.05, 4.69) is 5.32 Å². The molecule has 1 rings (SSSR count). The molecule has 0 bridgehead atoms. The van der Waals surface area contributed by atoms with E-state index in [1.54, 1.807) is 0 Å². The van der Waals surface area contributed by atoms with E-state index in [1.165, 1.54) is 11.9 Å². The van der Waals surface area contributed by atoms with E-state index in [9.17, 15) is 9.59 Å². The van der Waals surface area contributed by atoms with Gasteiger partial charge < -0.3 is 15.3 Å². The minimum atomic E-state index is -0.572. The van der Waals surface area contributed by atoms with Crippen LogP contribution in [0.1, 0.15) is 6.42 Å². The molecule has 0 aromatic heterocycles. The molecule has 1 fully saturated rings. The molecule has 0 unspecified atom stereocenters. The third kappa shape index (κ3) is 1.55. The fourth-order valence-electron chi connectivity index (χ4n) is 1.38. The van der Waals surface area contributed by atoms with Gasteiger partial charge in [-0.25, -0.2) is 0 Å². The quantitative estimate of drug-likeness (QED) is 0.489. The number of likely N-dealkylation sites (N-methyl/N-ethyl adjacent to an activating group) is 1. The summed E-state index contributed by atoms with van der Waals surface area (Å²) in [4.78, 5) is 22.8. The van der Waals surface area contributed by atoms with Crippen molar-refractivity contribution in [3.63, 3.8) is 0 Å². The Morgan fingerprint density at radius 2 is 2.42 bits per heavy atom. The summed E-state index contributed by atoms with van der Waals surface area (Å²) in [6.45, 7) is 0.252. The molecule has 12 heavy (non-hydrogen) atoms. The Hall–Kier alpha value is -1.10. The van der Waals surface area contributed by atoms with Gasteiger partial charge in [-0.1, -0.05) is 0 Å². The predicted molar refractivity (Wildman–Crippen MR) is 41.2 cm³/mol. The first kappa shape index (κ1) is 8.99. The van der Waals surface area contributed by atoms with Crippen LogP contribution in [0.25, 0.3) is 0 Å². The van der Waals surface area contributed by atoms with E-state index in [0.29, 0.717) is 12.8 Å². The number of carbonyl (C=O) groups excluding carboxylic acids is 2. The zero-order valence-corrected chi connectivity index (χ0v) is 6.86. The third-order valence-electron chi connectivity index (χ3n) is 2.00. The van der Waals surface area contributed by atoms with Crippen molar-refractivity contribution in [1.29, 1.82) is 0 Å². The number of hydrogen-bond donors (Lipinski definition) is 2. The summed E-state index contributed by atoms with van der Waals surface area (Å²) in [6, 6.07) is -0.498. The molecule has 0 spiro atoms. The van der Waals surface area contributed by atoms with Crippen LogP contribution in [0.5, 0.6) is 0 Å². The molecule has 5 nitrogen and oxygen atoms in total. The van der Waals surface area contributed by atoms with Crippen LogP contribution in [0.15, 0.2) is 0 Å². The van der Waals surface area contributed by atoms with E-state index in [0.717, 1.165) is 0 Å². The second-order valence-electron chi connectivity index (χ2n) is 2.82. The van der Waals surface area contributed by atoms with Gasteiger partial charge in [0.15, 0.2) is 0 Å². The van der Waals surface area contributed by atoms with Gasteiger partial charge in [0.1, 0.15) is 6.04 Å². The highest BCUT2D eigenvalue weighted by molar-refractivity contribution is 5.83. The van der Waals surface area contributed by atoms with Crippen LogP contribution in [0, 0.1) is 0 Å². The van der Waals surface area contributed by atoms with Gasteiger partial charge in [-0.3, -0.25) is 9.59 Å². The van der Waals surface area contributed by atoms with Gasteiger partial charge in [0.05, 0.1) is 6.10 Å². The smallest absolute Gasteiger partial charge is 0.242 e. The van der Waals surface area contributed by atoms with Gasteiger partial charge in [-0.2, -0.15) is 0 Å². The number of aliphatic hydroxyl groups is 1. The molecule has 1 heterocycles. The maximum atomic E-state index is 11.1. The highest BCUT2D eigenvalue weighted by atomic mass is 16.3. The van der Waals surface area contributed by atoms with Crippen LogP contribution in [-0.2, 0) is 9.59 Å². The number of likely N-dealkylation sites (tertiary alicyclic amines) is 1. The van der Waals surface area contributed by atoms with Crippen LogP contribution in [-0.4, -0.2) is 48.1 Å². The molecule has 0 saturated carbocycles. The van der Waals surface area contributed by atoms with Crippen molar-refractivity contribution in [1.82, 2.24) is 10.2 Å². The lowest BCUT2D eigenvalue weighted by Crippen LogP contribution is -2.41. The topological polar surface area (TPSA) is 69.6 Å². The summed E-state index contributed by atoms with van der Waals surface area (Å²) < 4.78 is 0. The fraction of sp³-hybridized carbons (Fsp3) is 0.714. The van der Waals surface area contributed by atoms with Crippen molar-refractivity contribution in [2.24, 2.45) is 0 Å². The summed E-state index contributed by atoms with van der Waals surface area (Å²) >= 11 is 0. The van der Waals surface area contributed by atoms with E-state index < -0.39 is 12.1 Å². The molecule has 0 aliphatic carbocycles.